The van der Waals surface area contributed by atoms with Crippen LogP contribution >= 0.6 is 0 Å². The number of nitrogens with one attached hydrogen (secondary N) is 5. The molecule has 0 bridgehead atoms. The molecule has 5 atom stereocenters. The molecule has 0 aliphatic carbocycles. The van der Waals surface area contributed by atoms with Crippen LogP contribution in [0, 0.1) is 16.2 Å². The van der Waals surface area contributed by atoms with Crippen LogP contribution in [0.2, 0.25) is 0 Å². The summed E-state index contributed by atoms with van der Waals surface area (Å²) in [4.78, 5) is 71.0. The summed E-state index contributed by atoms with van der Waals surface area (Å²) >= 11 is 0. The van der Waals surface area contributed by atoms with Gasteiger partial charge in [-0.3, -0.25) is 24.8 Å². The molecule has 1 heterocycles. The fourth-order valence-corrected chi connectivity index (χ4v) is 6.28. The van der Waals surface area contributed by atoms with Crippen LogP contribution in [-0.2, 0) is 36.8 Å². The van der Waals surface area contributed by atoms with Crippen molar-refractivity contribution in [2.75, 3.05) is 20.8 Å². The van der Waals surface area contributed by atoms with Gasteiger partial charge in [0, 0.05) is 24.8 Å². The van der Waals surface area contributed by atoms with Gasteiger partial charge < -0.3 is 35.8 Å². The van der Waals surface area contributed by atoms with Crippen molar-refractivity contribution in [3.05, 3.63) is 90.1 Å². The predicted molar refractivity (Wildman–Crippen MR) is 225 cm³/mol. The number of nitrogens with zero attached hydrogens (tertiary/aromatic N) is 2. The first kappa shape index (κ1) is 47.8. The van der Waals surface area contributed by atoms with Crippen molar-refractivity contribution < 1.29 is 38.6 Å². The van der Waals surface area contributed by atoms with Gasteiger partial charge in [0.1, 0.15) is 18.1 Å². The minimum Gasteiger partial charge on any atom is -0.453 e. The molecule has 1 aromatic heterocycles. The van der Waals surface area contributed by atoms with Gasteiger partial charge in [0.05, 0.1) is 32.1 Å². The highest BCUT2D eigenvalue weighted by atomic mass is 16.5. The molecule has 0 saturated heterocycles. The van der Waals surface area contributed by atoms with E-state index >= 15 is 0 Å². The third-order valence-corrected chi connectivity index (χ3v) is 9.62. The Morgan fingerprint density at radius 2 is 1.12 bits per heavy atom. The Balaban J connectivity index is 2.02. The molecule has 2 aromatic carbocycles. The molecular formula is C44H63N7O8. The molecule has 15 nitrogen and oxygen atoms in total. The van der Waals surface area contributed by atoms with Gasteiger partial charge in [0.2, 0.25) is 11.8 Å². The van der Waals surface area contributed by atoms with Crippen LogP contribution in [0.5, 0.6) is 0 Å². The molecule has 0 radical (unpaired) electrons. The number of hydrogen-bond donors (Lipinski definition) is 6. The molecule has 0 unspecified atom stereocenters. The van der Waals surface area contributed by atoms with E-state index in [1.54, 1.807) is 73.5 Å². The smallest absolute Gasteiger partial charge is 0.407 e. The van der Waals surface area contributed by atoms with Crippen LogP contribution in [0.15, 0.2) is 79.0 Å². The molecule has 0 spiro atoms. The Morgan fingerprint density at radius 3 is 1.59 bits per heavy atom. The number of amides is 5. The number of hydrogen-bond acceptors (Lipinski definition) is 10. The summed E-state index contributed by atoms with van der Waals surface area (Å²) in [6.07, 6.45) is -0.924. The number of rotatable bonds is 16. The highest BCUT2D eigenvalue weighted by Gasteiger charge is 2.40. The van der Waals surface area contributed by atoms with Gasteiger partial charge in [0.25, 0.3) is 5.91 Å². The molecule has 59 heavy (non-hydrogen) atoms. The molecule has 0 aliphatic heterocycles. The fraction of sp³-hybridized carbons (Fsp3) is 0.500. The van der Waals surface area contributed by atoms with Crippen LogP contribution in [0.3, 0.4) is 0 Å². The maximum absolute atomic E-state index is 14.4. The van der Waals surface area contributed by atoms with E-state index in [1.165, 1.54) is 14.2 Å². The monoisotopic (exact) mass is 817 g/mol. The average molecular weight is 818 g/mol. The van der Waals surface area contributed by atoms with Crippen LogP contribution in [0.1, 0.15) is 73.4 Å². The summed E-state index contributed by atoms with van der Waals surface area (Å²) < 4.78 is 9.55. The van der Waals surface area contributed by atoms with Gasteiger partial charge in [-0.05, 0) is 45.9 Å². The first-order valence-electron chi connectivity index (χ1n) is 19.6. The van der Waals surface area contributed by atoms with Gasteiger partial charge >= 0.3 is 12.2 Å². The first-order chi connectivity index (χ1) is 27.5. The highest BCUT2D eigenvalue weighted by Crippen LogP contribution is 2.25. The van der Waals surface area contributed by atoms with Crippen molar-refractivity contribution >= 4 is 29.9 Å². The van der Waals surface area contributed by atoms with Gasteiger partial charge in [0.15, 0.2) is 0 Å². The number of aliphatic hydroxyl groups excluding tert-OH is 1. The molecular weight excluding hydrogens is 755 g/mol. The highest BCUT2D eigenvalue weighted by molar-refractivity contribution is 5.92. The Bertz CT molecular complexity index is 1840. The number of pyridine rings is 1. The minimum atomic E-state index is -1.27. The zero-order chi connectivity index (χ0) is 44.1. The standard InChI is InChI=1S/C44H63N7O8/c1-42(2,3)34(48-40(56)58-10)37(53)46-32(25-28-17-13-12-14-18-28)33(52)27-51(26-29-20-22-30(23-21-29)31-19-15-16-24-45-31)50-39(55)36(44(7,8)9)47-38(54)35(43(4,5)6)49-41(57)59-11/h12-24,32-36,52H,25-27H2,1-11H3,(H,46,53)(H,47,54)(H,48,56)(H,49,57)(H,50,55)/t32-,33-,34+,35+,36+/m0/s1. The summed E-state index contributed by atoms with van der Waals surface area (Å²) in [7, 11) is 2.41. The summed E-state index contributed by atoms with van der Waals surface area (Å²) in [5.41, 5.74) is 3.93. The van der Waals surface area contributed by atoms with Crippen molar-refractivity contribution in [2.45, 2.75) is 106 Å². The van der Waals surface area contributed by atoms with Crippen molar-refractivity contribution in [3.8, 4) is 11.3 Å². The van der Waals surface area contributed by atoms with Gasteiger partial charge in [-0.25, -0.2) is 14.6 Å². The van der Waals surface area contributed by atoms with E-state index in [1.807, 2.05) is 72.8 Å². The van der Waals surface area contributed by atoms with Crippen LogP contribution in [0.25, 0.3) is 11.3 Å². The lowest BCUT2D eigenvalue weighted by Crippen LogP contribution is -2.63. The third kappa shape index (κ3) is 15.0. The number of carbonyl (C=O) groups is 5. The van der Waals surface area contributed by atoms with E-state index in [4.69, 9.17) is 9.47 Å². The maximum atomic E-state index is 14.4. The molecule has 5 amide bonds. The number of ether oxygens (including phenoxy) is 2. The van der Waals surface area contributed by atoms with E-state index in [9.17, 15) is 29.1 Å². The van der Waals surface area contributed by atoms with E-state index in [2.05, 4.69) is 31.7 Å². The average Bonchev–Trinajstić information content (AvgIpc) is 3.16. The number of aliphatic hydroxyl groups is 1. The molecule has 0 aliphatic rings. The van der Waals surface area contributed by atoms with E-state index in [0.717, 1.165) is 22.4 Å². The van der Waals surface area contributed by atoms with E-state index in [-0.39, 0.29) is 19.5 Å². The van der Waals surface area contributed by atoms with Crippen LogP contribution in [0.4, 0.5) is 9.59 Å². The zero-order valence-electron chi connectivity index (χ0n) is 36.2. The lowest BCUT2D eigenvalue weighted by atomic mass is 9.83. The summed E-state index contributed by atoms with van der Waals surface area (Å²) in [6.45, 7) is 16.1. The van der Waals surface area contributed by atoms with Crippen molar-refractivity contribution in [2.24, 2.45) is 16.2 Å². The van der Waals surface area contributed by atoms with Crippen LogP contribution in [-0.4, -0.2) is 96.0 Å². The van der Waals surface area contributed by atoms with Crippen molar-refractivity contribution in [3.63, 3.8) is 0 Å². The second kappa shape index (κ2) is 20.9. The van der Waals surface area contributed by atoms with Crippen LogP contribution < -0.4 is 26.7 Å². The van der Waals surface area contributed by atoms with Gasteiger partial charge in [-0.15, -0.1) is 0 Å². The number of aromatic nitrogens is 1. The summed E-state index contributed by atoms with van der Waals surface area (Å²) in [5, 5.41) is 24.6. The molecule has 0 saturated carbocycles. The number of hydrazine groups is 1. The fourth-order valence-electron chi connectivity index (χ4n) is 6.28. The quantitative estimate of drug-likeness (QED) is 0.110. The Hall–Kier alpha value is -5.54. The second-order valence-corrected chi connectivity index (χ2v) is 17.8. The molecule has 3 rings (SSSR count). The van der Waals surface area contributed by atoms with E-state index < -0.39 is 76.4 Å². The van der Waals surface area contributed by atoms with Crippen molar-refractivity contribution in [1.29, 1.82) is 0 Å². The molecule has 322 valence electrons. The van der Waals surface area contributed by atoms with Crippen molar-refractivity contribution in [1.82, 2.24) is 36.7 Å². The minimum absolute atomic E-state index is 0.116. The SMILES string of the molecule is COC(=O)N[C@H](C(=O)N[C@@H](Cc1ccccc1)[C@@H](O)CN(Cc1ccc(-c2ccccn2)cc1)NC(=O)[C@@H](NC(=O)[C@@H](NC(=O)OC)C(C)(C)C)C(C)(C)C)C(C)(C)C. The zero-order valence-corrected chi connectivity index (χ0v) is 36.2. The predicted octanol–water partition coefficient (Wildman–Crippen LogP) is 4.74. The summed E-state index contributed by atoms with van der Waals surface area (Å²) in [5.74, 6) is -1.70. The molecule has 15 heteroatoms. The first-order valence-corrected chi connectivity index (χ1v) is 19.6. The third-order valence-electron chi connectivity index (χ3n) is 9.62. The number of benzene rings is 2. The number of alkyl carbamates (subject to hydrolysis) is 2. The van der Waals surface area contributed by atoms with Gasteiger partial charge in [-0.2, -0.15) is 0 Å². The Morgan fingerprint density at radius 1 is 0.627 bits per heavy atom. The molecule has 6 N–H and O–H groups in total. The summed E-state index contributed by atoms with van der Waals surface area (Å²) in [6, 6.07) is 18.5. The van der Waals surface area contributed by atoms with Gasteiger partial charge in [-0.1, -0.05) is 123 Å². The molecule has 0 fully saturated rings. The topological polar surface area (TPSA) is 200 Å². The normalized spacial score (nSPS) is 14.5. The lowest BCUT2D eigenvalue weighted by Gasteiger charge is -2.37. The Kier molecular flexibility index (Phi) is 17.0. The number of methoxy groups -OCH3 is 2. The maximum Gasteiger partial charge on any atom is 0.407 e. The second-order valence-electron chi connectivity index (χ2n) is 17.8. The Labute approximate surface area is 348 Å². The van der Waals surface area contributed by atoms with E-state index in [0.29, 0.717) is 0 Å². The lowest BCUT2D eigenvalue weighted by molar-refractivity contribution is -0.137. The largest absolute Gasteiger partial charge is 0.453 e. The molecule has 3 aromatic rings. The number of carbonyl (C=O) groups excluding carboxylic acids is 5.